The number of halogens is 2. The molecular formula is C25H24F2N4O2. The first kappa shape index (κ1) is 22.3. The number of carbonyl (C=O) groups is 2. The van der Waals surface area contributed by atoms with Crippen molar-refractivity contribution in [2.45, 2.75) is 6.42 Å². The minimum absolute atomic E-state index is 0.0293. The number of benzene rings is 3. The maximum Gasteiger partial charge on any atom is 0.323 e. The largest absolute Gasteiger partial charge is 0.368 e. The van der Waals surface area contributed by atoms with Gasteiger partial charge >= 0.3 is 6.03 Å². The molecule has 1 saturated heterocycles. The van der Waals surface area contributed by atoms with Crippen LogP contribution in [0.25, 0.3) is 0 Å². The van der Waals surface area contributed by atoms with Crippen LogP contribution in [0.5, 0.6) is 0 Å². The van der Waals surface area contributed by atoms with Crippen LogP contribution in [-0.4, -0.2) is 43.0 Å². The molecule has 2 N–H and O–H groups in total. The van der Waals surface area contributed by atoms with Gasteiger partial charge in [0, 0.05) is 37.6 Å². The van der Waals surface area contributed by atoms with E-state index >= 15 is 0 Å². The van der Waals surface area contributed by atoms with Crippen molar-refractivity contribution < 1.29 is 18.4 Å². The number of nitrogens with zero attached hydrogens (tertiary/aromatic N) is 2. The Hall–Kier alpha value is -3.94. The molecule has 33 heavy (non-hydrogen) atoms. The summed E-state index contributed by atoms with van der Waals surface area (Å²) in [4.78, 5) is 28.6. The maximum atomic E-state index is 13.7. The van der Waals surface area contributed by atoms with E-state index in [0.717, 1.165) is 11.3 Å². The van der Waals surface area contributed by atoms with E-state index in [1.54, 1.807) is 36.4 Å². The number of anilines is 3. The number of urea groups is 1. The molecule has 0 spiro atoms. The van der Waals surface area contributed by atoms with Gasteiger partial charge in [-0.25, -0.2) is 13.6 Å². The molecular weight excluding hydrogens is 426 g/mol. The molecule has 0 aliphatic carbocycles. The number of hydrogen-bond donors (Lipinski definition) is 2. The number of carbonyl (C=O) groups excluding carboxylic acids is 2. The second-order valence-electron chi connectivity index (χ2n) is 7.78. The van der Waals surface area contributed by atoms with Crippen LogP contribution in [0.15, 0.2) is 72.8 Å². The molecule has 0 unspecified atom stereocenters. The average molecular weight is 450 g/mol. The third-order valence-corrected chi connectivity index (χ3v) is 5.51. The molecule has 0 radical (unpaired) electrons. The van der Waals surface area contributed by atoms with Gasteiger partial charge in [-0.3, -0.25) is 4.79 Å². The van der Waals surface area contributed by atoms with E-state index in [2.05, 4.69) is 15.5 Å². The summed E-state index contributed by atoms with van der Waals surface area (Å²) in [5.41, 5.74) is 2.48. The zero-order valence-electron chi connectivity index (χ0n) is 17.9. The third kappa shape index (κ3) is 5.85. The van der Waals surface area contributed by atoms with E-state index in [1.165, 1.54) is 24.3 Å². The number of nitrogens with one attached hydrogen (secondary N) is 2. The summed E-state index contributed by atoms with van der Waals surface area (Å²) >= 11 is 0. The van der Waals surface area contributed by atoms with E-state index in [-0.39, 0.29) is 23.8 Å². The molecule has 1 aliphatic heterocycles. The van der Waals surface area contributed by atoms with Crippen molar-refractivity contribution in [2.24, 2.45) is 0 Å². The molecule has 0 atom stereocenters. The summed E-state index contributed by atoms with van der Waals surface area (Å²) in [5, 5.41) is 5.17. The van der Waals surface area contributed by atoms with Gasteiger partial charge in [0.2, 0.25) is 5.91 Å². The molecule has 3 amide bonds. The van der Waals surface area contributed by atoms with Gasteiger partial charge in [0.05, 0.1) is 12.1 Å². The monoisotopic (exact) mass is 450 g/mol. The first-order valence-electron chi connectivity index (χ1n) is 10.7. The predicted octanol–water partition coefficient (Wildman–Crippen LogP) is 4.50. The standard InChI is InChI=1S/C25H24F2N4O2/c26-19-7-5-18(6-8-19)17-24(32)31-15-13-30(14-16-31)21-11-9-20(10-12-21)28-25(33)29-23-4-2-1-3-22(23)27/h1-12H,13-17H2,(H2,28,29,33). The van der Waals surface area contributed by atoms with Gasteiger partial charge in [0.25, 0.3) is 0 Å². The predicted molar refractivity (Wildman–Crippen MR) is 124 cm³/mol. The van der Waals surface area contributed by atoms with Crippen molar-refractivity contribution in [3.63, 3.8) is 0 Å². The minimum atomic E-state index is -0.527. The van der Waals surface area contributed by atoms with Gasteiger partial charge in [0.15, 0.2) is 0 Å². The number of rotatable bonds is 5. The van der Waals surface area contributed by atoms with E-state index in [0.29, 0.717) is 31.9 Å². The molecule has 3 aromatic carbocycles. The lowest BCUT2D eigenvalue weighted by atomic mass is 10.1. The van der Waals surface area contributed by atoms with Crippen molar-refractivity contribution in [3.05, 3.63) is 90.0 Å². The van der Waals surface area contributed by atoms with Gasteiger partial charge < -0.3 is 20.4 Å². The lowest BCUT2D eigenvalue weighted by molar-refractivity contribution is -0.130. The van der Waals surface area contributed by atoms with E-state index in [1.807, 2.05) is 17.0 Å². The van der Waals surface area contributed by atoms with Crippen LogP contribution in [-0.2, 0) is 11.2 Å². The normalized spacial score (nSPS) is 13.5. The summed E-state index contributed by atoms with van der Waals surface area (Å²) in [7, 11) is 0. The molecule has 1 aliphatic rings. The Labute approximate surface area is 190 Å². The Balaban J connectivity index is 1.26. The molecule has 6 nitrogen and oxygen atoms in total. The number of hydrogen-bond acceptors (Lipinski definition) is 3. The van der Waals surface area contributed by atoms with Crippen LogP contribution in [0, 0.1) is 11.6 Å². The molecule has 0 aromatic heterocycles. The van der Waals surface area contributed by atoms with Crippen molar-refractivity contribution >= 4 is 29.0 Å². The first-order chi connectivity index (χ1) is 16.0. The zero-order chi connectivity index (χ0) is 23.2. The Morgan fingerprint density at radius 2 is 1.45 bits per heavy atom. The second-order valence-corrected chi connectivity index (χ2v) is 7.78. The number of para-hydroxylation sites is 1. The fraction of sp³-hybridized carbons (Fsp3) is 0.200. The van der Waals surface area contributed by atoms with Crippen LogP contribution in [0.1, 0.15) is 5.56 Å². The van der Waals surface area contributed by atoms with E-state index in [9.17, 15) is 18.4 Å². The van der Waals surface area contributed by atoms with Gasteiger partial charge in [-0.05, 0) is 54.1 Å². The quantitative estimate of drug-likeness (QED) is 0.602. The lowest BCUT2D eigenvalue weighted by Crippen LogP contribution is -2.49. The third-order valence-electron chi connectivity index (χ3n) is 5.51. The highest BCUT2D eigenvalue weighted by Crippen LogP contribution is 2.20. The second kappa shape index (κ2) is 10.1. The van der Waals surface area contributed by atoms with Crippen molar-refractivity contribution in [1.29, 1.82) is 0 Å². The van der Waals surface area contributed by atoms with Crippen LogP contribution >= 0.6 is 0 Å². The van der Waals surface area contributed by atoms with E-state index in [4.69, 9.17) is 0 Å². The van der Waals surface area contributed by atoms with Crippen molar-refractivity contribution in [3.8, 4) is 0 Å². The molecule has 1 fully saturated rings. The maximum absolute atomic E-state index is 13.7. The van der Waals surface area contributed by atoms with E-state index < -0.39 is 11.8 Å². The highest BCUT2D eigenvalue weighted by Gasteiger charge is 2.21. The molecule has 0 saturated carbocycles. The summed E-state index contributed by atoms with van der Waals surface area (Å²) in [6, 6.07) is 18.8. The molecule has 4 rings (SSSR count). The fourth-order valence-corrected chi connectivity index (χ4v) is 3.71. The average Bonchev–Trinajstić information content (AvgIpc) is 2.83. The Kier molecular flexibility index (Phi) is 6.83. The highest BCUT2D eigenvalue weighted by molar-refractivity contribution is 5.99. The van der Waals surface area contributed by atoms with Gasteiger partial charge in [-0.2, -0.15) is 0 Å². The van der Waals surface area contributed by atoms with Crippen molar-refractivity contribution in [2.75, 3.05) is 41.7 Å². The molecule has 3 aromatic rings. The molecule has 1 heterocycles. The zero-order valence-corrected chi connectivity index (χ0v) is 17.9. The Morgan fingerprint density at radius 3 is 2.12 bits per heavy atom. The molecule has 0 bridgehead atoms. The summed E-state index contributed by atoms with van der Waals surface area (Å²) in [6.07, 6.45) is 0.260. The van der Waals surface area contributed by atoms with Crippen LogP contribution in [0.4, 0.5) is 30.6 Å². The molecule has 170 valence electrons. The van der Waals surface area contributed by atoms with Gasteiger partial charge in [-0.1, -0.05) is 24.3 Å². The fourth-order valence-electron chi connectivity index (χ4n) is 3.71. The summed E-state index contributed by atoms with van der Waals surface area (Å²) in [6.45, 7) is 2.58. The summed E-state index contributed by atoms with van der Waals surface area (Å²) < 4.78 is 26.7. The van der Waals surface area contributed by atoms with Crippen LogP contribution < -0.4 is 15.5 Å². The van der Waals surface area contributed by atoms with Gasteiger partial charge in [-0.15, -0.1) is 0 Å². The number of amides is 3. The Morgan fingerprint density at radius 1 is 0.788 bits per heavy atom. The number of piperazine rings is 1. The first-order valence-corrected chi connectivity index (χ1v) is 10.7. The van der Waals surface area contributed by atoms with Gasteiger partial charge in [0.1, 0.15) is 11.6 Å². The highest BCUT2D eigenvalue weighted by atomic mass is 19.1. The topological polar surface area (TPSA) is 64.7 Å². The van der Waals surface area contributed by atoms with Crippen molar-refractivity contribution in [1.82, 2.24) is 4.90 Å². The SMILES string of the molecule is O=C(Nc1ccc(N2CCN(C(=O)Cc3ccc(F)cc3)CC2)cc1)Nc1ccccc1F. The summed E-state index contributed by atoms with van der Waals surface area (Å²) in [5.74, 6) is -0.785. The lowest BCUT2D eigenvalue weighted by Gasteiger charge is -2.36. The minimum Gasteiger partial charge on any atom is -0.368 e. The van der Waals surface area contributed by atoms with Crippen LogP contribution in [0.3, 0.4) is 0 Å². The van der Waals surface area contributed by atoms with Crippen LogP contribution in [0.2, 0.25) is 0 Å². The Bertz CT molecular complexity index is 1110. The molecule has 8 heteroatoms. The smallest absolute Gasteiger partial charge is 0.323 e.